The van der Waals surface area contributed by atoms with Crippen LogP contribution in [0, 0.1) is 0 Å². The van der Waals surface area contributed by atoms with Crippen molar-refractivity contribution in [2.45, 2.75) is 36.1 Å². The molecule has 0 fully saturated rings. The number of hydrogen-bond acceptors (Lipinski definition) is 4. The van der Waals surface area contributed by atoms with Crippen molar-refractivity contribution in [3.8, 4) is 0 Å². The first-order valence-electron chi connectivity index (χ1n) is 8.04. The molecule has 2 aromatic rings. The van der Waals surface area contributed by atoms with Gasteiger partial charge in [-0.25, -0.2) is 8.42 Å². The zero-order valence-electron chi connectivity index (χ0n) is 13.8. The predicted molar refractivity (Wildman–Crippen MR) is 95.0 cm³/mol. The van der Waals surface area contributed by atoms with Gasteiger partial charge in [0, 0.05) is 5.92 Å². The second-order valence-electron chi connectivity index (χ2n) is 6.26. The smallest absolute Gasteiger partial charge is 0.324 e. The maximum Gasteiger partial charge on any atom is 0.324 e. The average molecular weight is 360 g/mol. The van der Waals surface area contributed by atoms with E-state index in [1.54, 1.807) is 42.5 Å². The number of carbonyl (C=O) groups is 1. The number of nitrogens with one attached hydrogen (secondary N) is 1. The highest BCUT2D eigenvalue weighted by atomic mass is 32.2. The lowest BCUT2D eigenvalue weighted by Gasteiger charge is -2.34. The fraction of sp³-hybridized carbons (Fsp3) is 0.278. The van der Waals surface area contributed by atoms with Gasteiger partial charge in [0.05, 0.1) is 10.6 Å². The summed E-state index contributed by atoms with van der Waals surface area (Å²) in [6.07, 6.45) is 0.777. The molecule has 132 valence electrons. The minimum atomic E-state index is -3.82. The summed E-state index contributed by atoms with van der Waals surface area (Å²) in [5.41, 5.74) is 6.09. The van der Waals surface area contributed by atoms with Crippen LogP contribution in [0.3, 0.4) is 0 Å². The van der Waals surface area contributed by atoms with Crippen LogP contribution < -0.4 is 10.5 Å². The molecule has 0 aliphatic carbocycles. The average Bonchev–Trinajstić information content (AvgIpc) is 2.66. The number of carboxylic acids is 1. The standard InChI is InChI=1S/C18H20N2O4S/c1-2-11-18(19,17(21)22)16-12-7-3-5-9-14(12)20-25(23,24)15-10-6-4-8-13(15)16/h3-10,16,20H,2,11,19H2,1H3,(H,21,22). The van der Waals surface area contributed by atoms with Crippen LogP contribution in [0.5, 0.6) is 0 Å². The fourth-order valence-electron chi connectivity index (χ4n) is 3.52. The van der Waals surface area contributed by atoms with Crippen molar-refractivity contribution in [3.05, 3.63) is 59.7 Å². The van der Waals surface area contributed by atoms with Crippen molar-refractivity contribution in [1.82, 2.24) is 0 Å². The number of para-hydroxylation sites is 1. The zero-order valence-corrected chi connectivity index (χ0v) is 14.6. The number of carboxylic acid groups (broad SMARTS) is 1. The summed E-state index contributed by atoms with van der Waals surface area (Å²) in [7, 11) is -3.82. The Labute approximate surface area is 146 Å². The first kappa shape index (κ1) is 17.4. The van der Waals surface area contributed by atoms with E-state index in [0.29, 0.717) is 23.2 Å². The van der Waals surface area contributed by atoms with E-state index in [0.717, 1.165) is 0 Å². The van der Waals surface area contributed by atoms with Crippen molar-refractivity contribution in [3.63, 3.8) is 0 Å². The number of nitrogens with two attached hydrogens (primary N) is 1. The molecule has 0 saturated heterocycles. The number of hydrogen-bond donors (Lipinski definition) is 3. The second kappa shape index (κ2) is 6.16. The topological polar surface area (TPSA) is 109 Å². The van der Waals surface area contributed by atoms with Gasteiger partial charge in [-0.2, -0.15) is 0 Å². The largest absolute Gasteiger partial charge is 0.480 e. The Morgan fingerprint density at radius 1 is 1.16 bits per heavy atom. The molecule has 0 amide bonds. The number of anilines is 1. The van der Waals surface area contributed by atoms with Crippen LogP contribution in [0.25, 0.3) is 0 Å². The van der Waals surface area contributed by atoms with Gasteiger partial charge >= 0.3 is 5.97 Å². The molecule has 2 aromatic carbocycles. The molecule has 1 aliphatic heterocycles. The normalized spacial score (nSPS) is 20.3. The molecule has 0 spiro atoms. The van der Waals surface area contributed by atoms with Crippen molar-refractivity contribution in [2.24, 2.45) is 5.73 Å². The Balaban J connectivity index is 2.40. The number of rotatable bonds is 4. The molecule has 25 heavy (non-hydrogen) atoms. The third kappa shape index (κ3) is 2.79. The monoisotopic (exact) mass is 360 g/mol. The minimum absolute atomic E-state index is 0.0587. The van der Waals surface area contributed by atoms with E-state index in [2.05, 4.69) is 4.72 Å². The van der Waals surface area contributed by atoms with E-state index in [1.165, 1.54) is 6.07 Å². The highest BCUT2D eigenvalue weighted by molar-refractivity contribution is 7.92. The first-order chi connectivity index (χ1) is 11.8. The van der Waals surface area contributed by atoms with Gasteiger partial charge in [-0.1, -0.05) is 49.7 Å². The molecule has 0 bridgehead atoms. The maximum absolute atomic E-state index is 12.8. The fourth-order valence-corrected chi connectivity index (χ4v) is 4.86. The lowest BCUT2D eigenvalue weighted by molar-refractivity contribution is -0.144. The summed E-state index contributed by atoms with van der Waals surface area (Å²) in [6, 6.07) is 13.2. The molecular weight excluding hydrogens is 340 g/mol. The molecule has 2 atom stereocenters. The third-order valence-corrected chi connectivity index (χ3v) is 6.05. The van der Waals surface area contributed by atoms with E-state index < -0.39 is 27.4 Å². The van der Waals surface area contributed by atoms with Crippen LogP contribution in [-0.4, -0.2) is 25.0 Å². The molecule has 0 radical (unpaired) electrons. The van der Waals surface area contributed by atoms with E-state index in [9.17, 15) is 18.3 Å². The number of sulfonamides is 1. The molecule has 0 aromatic heterocycles. The summed E-state index contributed by atoms with van der Waals surface area (Å²) in [4.78, 5) is 12.2. The Morgan fingerprint density at radius 3 is 2.40 bits per heavy atom. The minimum Gasteiger partial charge on any atom is -0.480 e. The van der Waals surface area contributed by atoms with Gasteiger partial charge < -0.3 is 10.8 Å². The molecule has 2 unspecified atom stereocenters. The van der Waals surface area contributed by atoms with E-state index in [1.807, 2.05) is 6.92 Å². The van der Waals surface area contributed by atoms with Gasteiger partial charge in [-0.05, 0) is 29.7 Å². The summed E-state index contributed by atoms with van der Waals surface area (Å²) < 4.78 is 28.1. The van der Waals surface area contributed by atoms with Gasteiger partial charge in [-0.15, -0.1) is 0 Å². The maximum atomic E-state index is 12.8. The molecular formula is C18H20N2O4S. The second-order valence-corrected chi connectivity index (χ2v) is 7.91. The van der Waals surface area contributed by atoms with E-state index in [-0.39, 0.29) is 11.3 Å². The SMILES string of the molecule is CCCC(N)(C(=O)O)C1c2ccccc2NS(=O)(=O)c2ccccc21. The summed E-state index contributed by atoms with van der Waals surface area (Å²) in [5, 5.41) is 9.89. The number of benzene rings is 2. The van der Waals surface area contributed by atoms with Crippen LogP contribution in [0.4, 0.5) is 5.69 Å². The quantitative estimate of drug-likeness (QED) is 0.776. The summed E-state index contributed by atoms with van der Waals surface area (Å²) >= 11 is 0. The Kier molecular flexibility index (Phi) is 4.30. The number of fused-ring (bicyclic) bond motifs is 2. The van der Waals surface area contributed by atoms with E-state index >= 15 is 0 Å². The van der Waals surface area contributed by atoms with Crippen LogP contribution >= 0.6 is 0 Å². The molecule has 4 N–H and O–H groups in total. The lowest BCUT2D eigenvalue weighted by atomic mass is 9.72. The van der Waals surface area contributed by atoms with Crippen molar-refractivity contribution in [1.29, 1.82) is 0 Å². The van der Waals surface area contributed by atoms with Gasteiger partial charge in [0.1, 0.15) is 5.54 Å². The van der Waals surface area contributed by atoms with Crippen molar-refractivity contribution in [2.75, 3.05) is 4.72 Å². The van der Waals surface area contributed by atoms with Crippen molar-refractivity contribution < 1.29 is 18.3 Å². The van der Waals surface area contributed by atoms with Gasteiger partial charge in [0.15, 0.2) is 0 Å². The van der Waals surface area contributed by atoms with Crippen LogP contribution in [-0.2, 0) is 14.8 Å². The Morgan fingerprint density at radius 2 is 1.76 bits per heavy atom. The van der Waals surface area contributed by atoms with Gasteiger partial charge in [0.2, 0.25) is 0 Å². The Bertz CT molecular complexity index is 926. The first-order valence-corrected chi connectivity index (χ1v) is 9.52. The van der Waals surface area contributed by atoms with Crippen LogP contribution in [0.15, 0.2) is 53.4 Å². The molecule has 3 rings (SSSR count). The molecule has 7 heteroatoms. The summed E-state index contributed by atoms with van der Waals surface area (Å²) in [5.74, 6) is -1.94. The number of aliphatic carboxylic acids is 1. The van der Waals surface area contributed by atoms with Crippen LogP contribution in [0.1, 0.15) is 36.8 Å². The highest BCUT2D eigenvalue weighted by Gasteiger charge is 2.47. The molecule has 6 nitrogen and oxygen atoms in total. The predicted octanol–water partition coefficient (Wildman–Crippen LogP) is 2.51. The Hall–Kier alpha value is -2.38. The van der Waals surface area contributed by atoms with Gasteiger partial charge in [-0.3, -0.25) is 9.52 Å². The molecule has 1 aliphatic rings. The molecule has 0 saturated carbocycles. The van der Waals surface area contributed by atoms with Gasteiger partial charge in [0.25, 0.3) is 10.0 Å². The zero-order chi connectivity index (χ0) is 18.2. The summed E-state index contributed by atoms with van der Waals surface area (Å²) in [6.45, 7) is 1.86. The van der Waals surface area contributed by atoms with Crippen LogP contribution in [0.2, 0.25) is 0 Å². The lowest BCUT2D eigenvalue weighted by Crippen LogP contribution is -2.53. The third-order valence-electron chi connectivity index (χ3n) is 4.61. The van der Waals surface area contributed by atoms with Crippen molar-refractivity contribution >= 4 is 21.7 Å². The highest BCUT2D eigenvalue weighted by Crippen LogP contribution is 2.44. The van der Waals surface area contributed by atoms with E-state index in [4.69, 9.17) is 5.73 Å². The molecule has 1 heterocycles.